The third kappa shape index (κ3) is 4.03. The van der Waals surface area contributed by atoms with E-state index in [1.54, 1.807) is 11.6 Å². The highest BCUT2D eigenvalue weighted by molar-refractivity contribution is 7.91. The number of anilines is 1. The van der Waals surface area contributed by atoms with Gasteiger partial charge in [-0.25, -0.2) is 8.42 Å². The van der Waals surface area contributed by atoms with Crippen molar-refractivity contribution >= 4 is 15.5 Å². The average Bonchev–Trinajstić information content (AvgIpc) is 2.60. The standard InChI is InChI=1S/C11H21N3O2S/c1-5-17(15,16)7-6-12-10-8-14(4)13-11(10)9(2)3/h8-9,12H,5-7H2,1-4H3. The first-order valence-corrected chi connectivity index (χ1v) is 7.65. The second-order valence-electron chi connectivity index (χ2n) is 4.42. The molecule has 0 bridgehead atoms. The fourth-order valence-corrected chi connectivity index (χ4v) is 2.26. The predicted octanol–water partition coefficient (Wildman–Crippen LogP) is 1.39. The Morgan fingerprint density at radius 2 is 2.12 bits per heavy atom. The van der Waals surface area contributed by atoms with Crippen LogP contribution in [0, 0.1) is 0 Å². The summed E-state index contributed by atoms with van der Waals surface area (Å²) in [6.07, 6.45) is 1.88. The maximum Gasteiger partial charge on any atom is 0.151 e. The third-order valence-electron chi connectivity index (χ3n) is 2.57. The van der Waals surface area contributed by atoms with Crippen LogP contribution in [0.5, 0.6) is 0 Å². The molecular weight excluding hydrogens is 238 g/mol. The van der Waals surface area contributed by atoms with Crippen molar-refractivity contribution in [3.8, 4) is 0 Å². The summed E-state index contributed by atoms with van der Waals surface area (Å²) < 4.78 is 24.4. The van der Waals surface area contributed by atoms with Crippen LogP contribution in [0.2, 0.25) is 0 Å². The van der Waals surface area contributed by atoms with Crippen molar-refractivity contribution in [1.29, 1.82) is 0 Å². The van der Waals surface area contributed by atoms with E-state index in [0.29, 0.717) is 12.5 Å². The van der Waals surface area contributed by atoms with Gasteiger partial charge in [0.1, 0.15) is 0 Å². The van der Waals surface area contributed by atoms with Crippen molar-refractivity contribution in [2.45, 2.75) is 26.7 Å². The number of hydrogen-bond donors (Lipinski definition) is 1. The Morgan fingerprint density at radius 3 is 2.65 bits per heavy atom. The van der Waals surface area contributed by atoms with Gasteiger partial charge in [0.25, 0.3) is 0 Å². The fourth-order valence-electron chi connectivity index (χ4n) is 1.55. The molecule has 6 heteroatoms. The summed E-state index contributed by atoms with van der Waals surface area (Å²) >= 11 is 0. The minimum absolute atomic E-state index is 0.163. The molecular formula is C11H21N3O2S. The highest BCUT2D eigenvalue weighted by Crippen LogP contribution is 2.21. The Labute approximate surface area is 103 Å². The molecule has 0 spiro atoms. The predicted molar refractivity (Wildman–Crippen MR) is 70.1 cm³/mol. The highest BCUT2D eigenvalue weighted by Gasteiger charge is 2.12. The van der Waals surface area contributed by atoms with Crippen LogP contribution in [-0.4, -0.2) is 36.2 Å². The fraction of sp³-hybridized carbons (Fsp3) is 0.727. The van der Waals surface area contributed by atoms with Gasteiger partial charge in [0.2, 0.25) is 0 Å². The molecule has 0 aliphatic heterocycles. The Balaban J connectivity index is 2.64. The Morgan fingerprint density at radius 1 is 1.47 bits per heavy atom. The molecule has 0 saturated heterocycles. The van der Waals surface area contributed by atoms with E-state index < -0.39 is 9.84 Å². The van der Waals surface area contributed by atoms with E-state index in [-0.39, 0.29) is 11.5 Å². The lowest BCUT2D eigenvalue weighted by Gasteiger charge is -2.08. The zero-order valence-corrected chi connectivity index (χ0v) is 11.7. The number of nitrogens with one attached hydrogen (secondary N) is 1. The number of aromatic nitrogens is 2. The van der Waals surface area contributed by atoms with E-state index in [4.69, 9.17) is 0 Å². The maximum absolute atomic E-state index is 11.4. The number of nitrogens with zero attached hydrogens (tertiary/aromatic N) is 2. The summed E-state index contributed by atoms with van der Waals surface area (Å²) in [6.45, 7) is 6.23. The molecule has 0 amide bonds. The molecule has 0 aliphatic carbocycles. The molecule has 1 aromatic heterocycles. The first-order valence-electron chi connectivity index (χ1n) is 5.83. The quantitative estimate of drug-likeness (QED) is 0.838. The molecule has 0 aliphatic rings. The van der Waals surface area contributed by atoms with Crippen molar-refractivity contribution in [3.63, 3.8) is 0 Å². The van der Waals surface area contributed by atoms with E-state index in [1.807, 2.05) is 13.2 Å². The lowest BCUT2D eigenvalue weighted by molar-refractivity contribution is 0.597. The van der Waals surface area contributed by atoms with Crippen LogP contribution < -0.4 is 5.32 Å². The van der Waals surface area contributed by atoms with E-state index in [9.17, 15) is 8.42 Å². The molecule has 0 radical (unpaired) electrons. The first kappa shape index (κ1) is 14.0. The molecule has 0 atom stereocenters. The lowest BCUT2D eigenvalue weighted by atomic mass is 10.1. The Bertz CT molecular complexity index is 463. The van der Waals surface area contributed by atoms with Gasteiger partial charge in [-0.15, -0.1) is 0 Å². The third-order valence-corrected chi connectivity index (χ3v) is 4.28. The van der Waals surface area contributed by atoms with Crippen LogP contribution in [0.15, 0.2) is 6.20 Å². The number of sulfone groups is 1. The smallest absolute Gasteiger partial charge is 0.151 e. The Kier molecular flexibility index (Phi) is 4.56. The molecule has 0 saturated carbocycles. The van der Waals surface area contributed by atoms with Gasteiger partial charge in [-0.2, -0.15) is 5.10 Å². The highest BCUT2D eigenvalue weighted by atomic mass is 32.2. The van der Waals surface area contributed by atoms with Gasteiger partial charge in [-0.3, -0.25) is 4.68 Å². The van der Waals surface area contributed by atoms with Gasteiger partial charge in [0.05, 0.1) is 17.1 Å². The van der Waals surface area contributed by atoms with Crippen molar-refractivity contribution in [3.05, 3.63) is 11.9 Å². The second kappa shape index (κ2) is 5.53. The molecule has 98 valence electrons. The first-order chi connectivity index (χ1) is 7.85. The van der Waals surface area contributed by atoms with Gasteiger partial charge in [-0.05, 0) is 5.92 Å². The molecule has 1 aromatic rings. The number of hydrogen-bond acceptors (Lipinski definition) is 4. The van der Waals surface area contributed by atoms with Crippen LogP contribution in [0.1, 0.15) is 32.4 Å². The van der Waals surface area contributed by atoms with Crippen LogP contribution >= 0.6 is 0 Å². The van der Waals surface area contributed by atoms with E-state index in [2.05, 4.69) is 24.3 Å². The van der Waals surface area contributed by atoms with Gasteiger partial charge >= 0.3 is 0 Å². The summed E-state index contributed by atoms with van der Waals surface area (Å²) in [7, 11) is -1.04. The molecule has 1 heterocycles. The number of rotatable bonds is 6. The SMILES string of the molecule is CCS(=O)(=O)CCNc1cn(C)nc1C(C)C. The molecule has 0 aromatic carbocycles. The van der Waals surface area contributed by atoms with E-state index >= 15 is 0 Å². The van der Waals surface area contributed by atoms with Gasteiger partial charge in [0, 0.05) is 25.5 Å². The van der Waals surface area contributed by atoms with Crippen molar-refractivity contribution in [2.75, 3.05) is 23.4 Å². The van der Waals surface area contributed by atoms with Gasteiger partial charge < -0.3 is 5.32 Å². The maximum atomic E-state index is 11.4. The summed E-state index contributed by atoms with van der Waals surface area (Å²) in [5.41, 5.74) is 1.90. The molecule has 1 N–H and O–H groups in total. The summed E-state index contributed by atoms with van der Waals surface area (Å²) in [6, 6.07) is 0. The topological polar surface area (TPSA) is 64.0 Å². The molecule has 17 heavy (non-hydrogen) atoms. The average molecular weight is 259 g/mol. The Hall–Kier alpha value is -1.04. The minimum Gasteiger partial charge on any atom is -0.381 e. The van der Waals surface area contributed by atoms with Crippen LogP contribution in [0.3, 0.4) is 0 Å². The zero-order chi connectivity index (χ0) is 13.1. The van der Waals surface area contributed by atoms with Crippen LogP contribution in [0.4, 0.5) is 5.69 Å². The zero-order valence-electron chi connectivity index (χ0n) is 10.9. The van der Waals surface area contributed by atoms with Gasteiger partial charge in [-0.1, -0.05) is 20.8 Å². The largest absolute Gasteiger partial charge is 0.381 e. The summed E-state index contributed by atoms with van der Waals surface area (Å²) in [5, 5.41) is 7.49. The van der Waals surface area contributed by atoms with Crippen LogP contribution in [-0.2, 0) is 16.9 Å². The molecule has 0 fully saturated rings. The van der Waals surface area contributed by atoms with Crippen molar-refractivity contribution < 1.29 is 8.42 Å². The summed E-state index contributed by atoms with van der Waals surface area (Å²) in [5.74, 6) is 0.677. The second-order valence-corrected chi connectivity index (χ2v) is 6.89. The number of aryl methyl sites for hydroxylation is 1. The normalized spacial score (nSPS) is 12.1. The molecule has 0 unspecified atom stereocenters. The van der Waals surface area contributed by atoms with E-state index in [1.165, 1.54) is 0 Å². The monoisotopic (exact) mass is 259 g/mol. The van der Waals surface area contributed by atoms with E-state index in [0.717, 1.165) is 11.4 Å². The van der Waals surface area contributed by atoms with Gasteiger partial charge in [0.15, 0.2) is 9.84 Å². The van der Waals surface area contributed by atoms with Crippen molar-refractivity contribution in [2.24, 2.45) is 7.05 Å². The molecule has 1 rings (SSSR count). The molecule has 5 nitrogen and oxygen atoms in total. The minimum atomic E-state index is -2.91. The van der Waals surface area contributed by atoms with Crippen LogP contribution in [0.25, 0.3) is 0 Å². The lowest BCUT2D eigenvalue weighted by Crippen LogP contribution is -2.17. The summed E-state index contributed by atoms with van der Waals surface area (Å²) in [4.78, 5) is 0. The van der Waals surface area contributed by atoms with Crippen molar-refractivity contribution in [1.82, 2.24) is 9.78 Å².